The zero-order chi connectivity index (χ0) is 28.8. The molecular formula is C39H28N4. The highest BCUT2D eigenvalue weighted by Gasteiger charge is 2.15. The molecule has 0 fully saturated rings. The summed E-state index contributed by atoms with van der Waals surface area (Å²) in [6.07, 6.45) is 11.1. The van der Waals surface area contributed by atoms with Crippen LogP contribution in [0.5, 0.6) is 0 Å². The average molecular weight is 553 g/mol. The molecule has 0 saturated heterocycles. The normalized spacial score (nSPS) is 10.8. The standard InChI is InChI=1S/C39H28N4/c1-2-10-35(11-3-1)43(36-17-12-29(13-18-36)32-7-4-22-40-26-32)37-19-14-30(15-20-37)39-25-31(33-8-5-23-41-27-33)16-21-38(39)34-9-6-24-42-28-34/h1-28H. The van der Waals surface area contributed by atoms with Gasteiger partial charge in [-0.15, -0.1) is 0 Å². The van der Waals surface area contributed by atoms with Crippen LogP contribution < -0.4 is 4.90 Å². The van der Waals surface area contributed by atoms with Crippen LogP contribution in [0.3, 0.4) is 0 Å². The van der Waals surface area contributed by atoms with Gasteiger partial charge in [-0.3, -0.25) is 15.0 Å². The fourth-order valence-corrected chi connectivity index (χ4v) is 5.42. The molecule has 0 aliphatic carbocycles. The topological polar surface area (TPSA) is 41.9 Å². The molecular weight excluding hydrogens is 524 g/mol. The van der Waals surface area contributed by atoms with Gasteiger partial charge in [-0.05, 0) is 94.0 Å². The van der Waals surface area contributed by atoms with Crippen molar-refractivity contribution in [3.8, 4) is 44.5 Å². The molecule has 7 rings (SSSR count). The number of aromatic nitrogens is 3. The minimum Gasteiger partial charge on any atom is -0.311 e. The Labute approximate surface area is 251 Å². The molecule has 0 bridgehead atoms. The van der Waals surface area contributed by atoms with Crippen LogP contribution in [-0.2, 0) is 0 Å². The van der Waals surface area contributed by atoms with Crippen LogP contribution in [0.4, 0.5) is 17.1 Å². The first kappa shape index (κ1) is 26.1. The number of nitrogens with zero attached hydrogens (tertiary/aromatic N) is 4. The first-order valence-corrected chi connectivity index (χ1v) is 14.2. The van der Waals surface area contributed by atoms with Crippen molar-refractivity contribution in [2.75, 3.05) is 4.90 Å². The Hall–Kier alpha value is -5.87. The molecule has 0 atom stereocenters. The summed E-state index contributed by atoms with van der Waals surface area (Å²) in [6, 6.07) is 46.7. The van der Waals surface area contributed by atoms with Crippen molar-refractivity contribution in [3.05, 3.63) is 171 Å². The molecule has 4 aromatic carbocycles. The molecule has 0 amide bonds. The smallest absolute Gasteiger partial charge is 0.0462 e. The van der Waals surface area contributed by atoms with Crippen molar-refractivity contribution in [2.24, 2.45) is 0 Å². The molecule has 3 heterocycles. The largest absolute Gasteiger partial charge is 0.311 e. The van der Waals surface area contributed by atoms with E-state index in [4.69, 9.17) is 0 Å². The molecule has 204 valence electrons. The molecule has 3 aromatic heterocycles. The van der Waals surface area contributed by atoms with E-state index in [1.807, 2.05) is 49.1 Å². The second kappa shape index (κ2) is 11.9. The number of rotatable bonds is 7. The molecule has 0 radical (unpaired) electrons. The molecule has 7 aromatic rings. The van der Waals surface area contributed by atoms with Crippen LogP contribution in [0, 0.1) is 0 Å². The van der Waals surface area contributed by atoms with Gasteiger partial charge >= 0.3 is 0 Å². The van der Waals surface area contributed by atoms with Gasteiger partial charge in [0, 0.05) is 65.4 Å². The van der Waals surface area contributed by atoms with Crippen molar-refractivity contribution in [2.45, 2.75) is 0 Å². The van der Waals surface area contributed by atoms with Crippen LogP contribution in [0.1, 0.15) is 0 Å². The van der Waals surface area contributed by atoms with Crippen LogP contribution >= 0.6 is 0 Å². The van der Waals surface area contributed by atoms with E-state index in [0.29, 0.717) is 0 Å². The Morgan fingerprint density at radius 3 is 1.37 bits per heavy atom. The van der Waals surface area contributed by atoms with Gasteiger partial charge < -0.3 is 4.90 Å². The maximum atomic E-state index is 4.39. The van der Waals surface area contributed by atoms with Crippen molar-refractivity contribution in [1.82, 2.24) is 15.0 Å². The second-order valence-corrected chi connectivity index (χ2v) is 10.3. The van der Waals surface area contributed by atoms with Crippen LogP contribution in [-0.4, -0.2) is 15.0 Å². The SMILES string of the molecule is c1ccc(N(c2ccc(-c3cccnc3)cc2)c2ccc(-c3cc(-c4cccnc4)ccc3-c3cccnc3)cc2)cc1. The van der Waals surface area contributed by atoms with E-state index < -0.39 is 0 Å². The number of pyridine rings is 3. The summed E-state index contributed by atoms with van der Waals surface area (Å²) >= 11 is 0. The zero-order valence-corrected chi connectivity index (χ0v) is 23.5. The highest BCUT2D eigenvalue weighted by molar-refractivity contribution is 5.88. The molecule has 0 unspecified atom stereocenters. The quantitative estimate of drug-likeness (QED) is 0.197. The number of anilines is 3. The highest BCUT2D eigenvalue weighted by Crippen LogP contribution is 2.39. The van der Waals surface area contributed by atoms with Gasteiger partial charge in [0.1, 0.15) is 0 Å². The third kappa shape index (κ3) is 5.54. The molecule has 0 saturated carbocycles. The predicted octanol–water partition coefficient (Wildman–Crippen LogP) is 10.0. The summed E-state index contributed by atoms with van der Waals surface area (Å²) in [5.74, 6) is 0. The number of hydrogen-bond donors (Lipinski definition) is 0. The Morgan fingerprint density at radius 2 is 0.814 bits per heavy atom. The van der Waals surface area contributed by atoms with E-state index in [1.165, 1.54) is 0 Å². The lowest BCUT2D eigenvalue weighted by Crippen LogP contribution is -2.09. The van der Waals surface area contributed by atoms with Crippen molar-refractivity contribution in [3.63, 3.8) is 0 Å². The lowest BCUT2D eigenvalue weighted by molar-refractivity contribution is 1.28. The molecule has 0 aliphatic heterocycles. The van der Waals surface area contributed by atoms with E-state index in [9.17, 15) is 0 Å². The summed E-state index contributed by atoms with van der Waals surface area (Å²) < 4.78 is 0. The fraction of sp³-hybridized carbons (Fsp3) is 0. The fourth-order valence-electron chi connectivity index (χ4n) is 5.42. The van der Waals surface area contributed by atoms with Crippen molar-refractivity contribution < 1.29 is 0 Å². The summed E-state index contributed by atoms with van der Waals surface area (Å²) in [5.41, 5.74) is 12.2. The number of para-hydroxylation sites is 1. The number of benzene rings is 4. The molecule has 0 N–H and O–H groups in total. The van der Waals surface area contributed by atoms with E-state index in [2.05, 4.69) is 129 Å². The minimum absolute atomic E-state index is 1.08. The predicted molar refractivity (Wildman–Crippen MR) is 176 cm³/mol. The Kier molecular flexibility index (Phi) is 7.23. The van der Waals surface area contributed by atoms with Gasteiger partial charge in [0.15, 0.2) is 0 Å². The highest BCUT2D eigenvalue weighted by atomic mass is 15.1. The lowest BCUT2D eigenvalue weighted by Gasteiger charge is -2.26. The maximum absolute atomic E-state index is 4.39. The first-order valence-electron chi connectivity index (χ1n) is 14.2. The number of hydrogen-bond acceptors (Lipinski definition) is 4. The summed E-state index contributed by atoms with van der Waals surface area (Å²) in [5, 5.41) is 0. The second-order valence-electron chi connectivity index (χ2n) is 10.3. The van der Waals surface area contributed by atoms with Gasteiger partial charge in [-0.25, -0.2) is 0 Å². The lowest BCUT2D eigenvalue weighted by atomic mass is 9.92. The monoisotopic (exact) mass is 552 g/mol. The molecule has 0 spiro atoms. The average Bonchev–Trinajstić information content (AvgIpc) is 3.10. The Balaban J connectivity index is 1.29. The van der Waals surface area contributed by atoms with Gasteiger partial charge in [-0.1, -0.05) is 72.8 Å². The van der Waals surface area contributed by atoms with Gasteiger partial charge in [-0.2, -0.15) is 0 Å². The van der Waals surface area contributed by atoms with Crippen LogP contribution in [0.2, 0.25) is 0 Å². The van der Waals surface area contributed by atoms with E-state index in [0.717, 1.165) is 61.6 Å². The third-order valence-electron chi connectivity index (χ3n) is 7.56. The zero-order valence-electron chi connectivity index (χ0n) is 23.5. The van der Waals surface area contributed by atoms with Crippen molar-refractivity contribution >= 4 is 17.1 Å². The van der Waals surface area contributed by atoms with Crippen LogP contribution in [0.15, 0.2) is 171 Å². The maximum Gasteiger partial charge on any atom is 0.0462 e. The van der Waals surface area contributed by atoms with Crippen LogP contribution in [0.25, 0.3) is 44.5 Å². The van der Waals surface area contributed by atoms with Crippen molar-refractivity contribution in [1.29, 1.82) is 0 Å². The third-order valence-corrected chi connectivity index (χ3v) is 7.56. The molecule has 4 heteroatoms. The van der Waals surface area contributed by atoms with Gasteiger partial charge in [0.05, 0.1) is 0 Å². The molecule has 4 nitrogen and oxygen atoms in total. The van der Waals surface area contributed by atoms with Gasteiger partial charge in [0.25, 0.3) is 0 Å². The molecule has 0 aliphatic rings. The first-order chi connectivity index (χ1) is 21.3. The minimum atomic E-state index is 1.08. The van der Waals surface area contributed by atoms with E-state index in [1.54, 1.807) is 12.4 Å². The molecule has 43 heavy (non-hydrogen) atoms. The summed E-state index contributed by atoms with van der Waals surface area (Å²) in [6.45, 7) is 0. The van der Waals surface area contributed by atoms with E-state index >= 15 is 0 Å². The Bertz CT molecular complexity index is 1920. The summed E-state index contributed by atoms with van der Waals surface area (Å²) in [7, 11) is 0. The summed E-state index contributed by atoms with van der Waals surface area (Å²) in [4.78, 5) is 15.3. The Morgan fingerprint density at radius 1 is 0.326 bits per heavy atom. The van der Waals surface area contributed by atoms with E-state index in [-0.39, 0.29) is 0 Å². The van der Waals surface area contributed by atoms with Gasteiger partial charge in [0.2, 0.25) is 0 Å².